The number of anilines is 1. The number of rotatable bonds is 4. The Labute approximate surface area is 160 Å². The molecule has 2 aliphatic rings. The molecule has 1 unspecified atom stereocenters. The number of piperazine rings is 1. The van der Waals surface area contributed by atoms with Gasteiger partial charge in [0, 0.05) is 38.3 Å². The highest BCUT2D eigenvalue weighted by Crippen LogP contribution is 2.21. The Morgan fingerprint density at radius 2 is 1.85 bits per heavy atom. The smallest absolute Gasteiger partial charge is 0.251 e. The second-order valence-corrected chi connectivity index (χ2v) is 7.14. The zero-order valence-electron chi connectivity index (χ0n) is 15.8. The van der Waals surface area contributed by atoms with Crippen LogP contribution in [-0.4, -0.2) is 59.9 Å². The van der Waals surface area contributed by atoms with Gasteiger partial charge in [-0.15, -0.1) is 10.2 Å². The molecule has 2 fully saturated rings. The van der Waals surface area contributed by atoms with Crippen LogP contribution in [0, 0.1) is 0 Å². The van der Waals surface area contributed by atoms with Crippen LogP contribution in [0.5, 0.6) is 0 Å². The van der Waals surface area contributed by atoms with Crippen LogP contribution in [0.15, 0.2) is 36.4 Å². The second-order valence-electron chi connectivity index (χ2n) is 7.14. The minimum absolute atomic E-state index is 0.143. The normalized spacial score (nSPS) is 20.1. The molecule has 3 heterocycles. The van der Waals surface area contributed by atoms with Gasteiger partial charge in [0.15, 0.2) is 5.82 Å². The Morgan fingerprint density at radius 1 is 1.07 bits per heavy atom. The summed E-state index contributed by atoms with van der Waals surface area (Å²) in [4.78, 5) is 16.6. The molecule has 6 nitrogen and oxygen atoms in total. The van der Waals surface area contributed by atoms with Crippen molar-refractivity contribution in [3.05, 3.63) is 42.0 Å². The number of hydrogen-bond acceptors (Lipinski definition) is 5. The number of ether oxygens (including phenoxy) is 1. The van der Waals surface area contributed by atoms with Crippen LogP contribution >= 0.6 is 0 Å². The maximum atomic E-state index is 12.4. The molecule has 142 valence electrons. The van der Waals surface area contributed by atoms with Crippen LogP contribution in [-0.2, 0) is 16.0 Å². The van der Waals surface area contributed by atoms with Crippen LogP contribution in [0.4, 0.5) is 5.82 Å². The molecule has 4 rings (SSSR count). The van der Waals surface area contributed by atoms with Gasteiger partial charge in [0.05, 0.1) is 5.69 Å². The fourth-order valence-electron chi connectivity index (χ4n) is 3.69. The third-order valence-corrected chi connectivity index (χ3v) is 5.43. The van der Waals surface area contributed by atoms with Gasteiger partial charge in [-0.1, -0.05) is 31.2 Å². The molecular weight excluding hydrogens is 340 g/mol. The van der Waals surface area contributed by atoms with Crippen LogP contribution in [0.3, 0.4) is 0 Å². The first kappa shape index (κ1) is 17.9. The quantitative estimate of drug-likeness (QED) is 0.832. The molecule has 0 aliphatic carbocycles. The molecule has 1 amide bonds. The van der Waals surface area contributed by atoms with E-state index in [4.69, 9.17) is 4.74 Å². The summed E-state index contributed by atoms with van der Waals surface area (Å²) in [5.41, 5.74) is 3.28. The summed E-state index contributed by atoms with van der Waals surface area (Å²) in [5.74, 6) is 1.01. The average Bonchev–Trinajstić information content (AvgIpc) is 3.28. The van der Waals surface area contributed by atoms with E-state index in [0.717, 1.165) is 49.4 Å². The van der Waals surface area contributed by atoms with Gasteiger partial charge in [0.25, 0.3) is 5.91 Å². The highest BCUT2D eigenvalue weighted by Gasteiger charge is 2.30. The molecule has 1 aromatic carbocycles. The topological polar surface area (TPSA) is 58.6 Å². The maximum absolute atomic E-state index is 12.4. The Kier molecular flexibility index (Phi) is 5.34. The summed E-state index contributed by atoms with van der Waals surface area (Å²) in [7, 11) is 0. The van der Waals surface area contributed by atoms with Gasteiger partial charge in [-0.05, 0) is 37.0 Å². The molecule has 2 aromatic rings. The molecule has 1 aromatic heterocycles. The molecule has 0 bridgehead atoms. The molecule has 0 N–H and O–H groups in total. The molecule has 0 spiro atoms. The van der Waals surface area contributed by atoms with Gasteiger partial charge in [-0.2, -0.15) is 0 Å². The van der Waals surface area contributed by atoms with Crippen molar-refractivity contribution in [3.8, 4) is 11.3 Å². The van der Waals surface area contributed by atoms with Crippen molar-refractivity contribution in [2.24, 2.45) is 0 Å². The zero-order chi connectivity index (χ0) is 18.6. The van der Waals surface area contributed by atoms with Gasteiger partial charge in [-0.3, -0.25) is 4.79 Å². The van der Waals surface area contributed by atoms with E-state index in [2.05, 4.69) is 46.3 Å². The number of benzene rings is 1. The van der Waals surface area contributed by atoms with E-state index < -0.39 is 0 Å². The van der Waals surface area contributed by atoms with E-state index in [0.29, 0.717) is 19.7 Å². The SMILES string of the molecule is CCc1ccc(-c2ccc(N3CCN(C(=O)C4CCCO4)CC3)nn2)cc1. The first-order valence-corrected chi connectivity index (χ1v) is 9.83. The summed E-state index contributed by atoms with van der Waals surface area (Å²) >= 11 is 0. The Hall–Kier alpha value is -2.47. The summed E-state index contributed by atoms with van der Waals surface area (Å²) < 4.78 is 5.52. The summed E-state index contributed by atoms with van der Waals surface area (Å²) in [6.07, 6.45) is 2.64. The number of carbonyl (C=O) groups is 1. The third-order valence-electron chi connectivity index (χ3n) is 5.43. The van der Waals surface area contributed by atoms with E-state index in [-0.39, 0.29) is 12.0 Å². The third kappa shape index (κ3) is 3.95. The van der Waals surface area contributed by atoms with Crippen molar-refractivity contribution in [2.75, 3.05) is 37.7 Å². The van der Waals surface area contributed by atoms with E-state index in [1.54, 1.807) is 0 Å². The zero-order valence-corrected chi connectivity index (χ0v) is 15.8. The van der Waals surface area contributed by atoms with Crippen molar-refractivity contribution >= 4 is 11.7 Å². The van der Waals surface area contributed by atoms with Crippen LogP contribution in [0.1, 0.15) is 25.3 Å². The Bertz CT molecular complexity index is 762. The van der Waals surface area contributed by atoms with Crippen LogP contribution in [0.25, 0.3) is 11.3 Å². The fourth-order valence-corrected chi connectivity index (χ4v) is 3.69. The molecule has 6 heteroatoms. The highest BCUT2D eigenvalue weighted by atomic mass is 16.5. The summed E-state index contributed by atoms with van der Waals surface area (Å²) in [6.45, 7) is 5.83. The lowest BCUT2D eigenvalue weighted by Gasteiger charge is -2.36. The molecule has 0 radical (unpaired) electrons. The monoisotopic (exact) mass is 366 g/mol. The number of aromatic nitrogens is 2. The predicted octanol–water partition coefficient (Wildman–Crippen LogP) is 2.53. The lowest BCUT2D eigenvalue weighted by Crippen LogP contribution is -2.51. The molecular formula is C21H26N4O2. The van der Waals surface area contributed by atoms with Crippen LogP contribution < -0.4 is 4.90 Å². The van der Waals surface area contributed by atoms with Crippen molar-refractivity contribution in [3.63, 3.8) is 0 Å². The second kappa shape index (κ2) is 8.05. The average molecular weight is 366 g/mol. The van der Waals surface area contributed by atoms with Gasteiger partial charge in [-0.25, -0.2) is 0 Å². The Morgan fingerprint density at radius 3 is 2.44 bits per heavy atom. The number of amides is 1. The minimum atomic E-state index is -0.227. The van der Waals surface area contributed by atoms with Crippen molar-refractivity contribution in [1.82, 2.24) is 15.1 Å². The van der Waals surface area contributed by atoms with E-state index in [1.807, 2.05) is 17.0 Å². The molecule has 1 atom stereocenters. The van der Waals surface area contributed by atoms with Crippen LogP contribution in [0.2, 0.25) is 0 Å². The fraction of sp³-hybridized carbons (Fsp3) is 0.476. The lowest BCUT2D eigenvalue weighted by atomic mass is 10.1. The number of nitrogens with zero attached hydrogens (tertiary/aromatic N) is 4. The van der Waals surface area contributed by atoms with E-state index >= 15 is 0 Å². The van der Waals surface area contributed by atoms with E-state index in [9.17, 15) is 4.79 Å². The first-order valence-electron chi connectivity index (χ1n) is 9.83. The highest BCUT2D eigenvalue weighted by molar-refractivity contribution is 5.81. The lowest BCUT2D eigenvalue weighted by molar-refractivity contribution is -0.141. The van der Waals surface area contributed by atoms with Gasteiger partial charge in [0.2, 0.25) is 0 Å². The first-order chi connectivity index (χ1) is 13.2. The predicted molar refractivity (Wildman–Crippen MR) is 105 cm³/mol. The molecule has 2 saturated heterocycles. The van der Waals surface area contributed by atoms with Gasteiger partial charge < -0.3 is 14.5 Å². The number of carbonyl (C=O) groups excluding carboxylic acids is 1. The van der Waals surface area contributed by atoms with Gasteiger partial charge in [0.1, 0.15) is 6.10 Å². The summed E-state index contributed by atoms with van der Waals surface area (Å²) in [5, 5.41) is 8.82. The summed E-state index contributed by atoms with van der Waals surface area (Å²) in [6, 6.07) is 12.5. The number of hydrogen-bond donors (Lipinski definition) is 0. The standard InChI is InChI=1S/C21H26N4O2/c1-2-16-5-7-17(8-6-16)18-9-10-20(23-22-18)24-11-13-25(14-12-24)21(26)19-4-3-15-27-19/h5-10,19H,2-4,11-15H2,1H3. The molecule has 27 heavy (non-hydrogen) atoms. The van der Waals surface area contributed by atoms with Crippen molar-refractivity contribution < 1.29 is 9.53 Å². The minimum Gasteiger partial charge on any atom is -0.368 e. The number of aryl methyl sites for hydroxylation is 1. The van der Waals surface area contributed by atoms with Gasteiger partial charge >= 0.3 is 0 Å². The Balaban J connectivity index is 1.36. The maximum Gasteiger partial charge on any atom is 0.251 e. The molecule has 2 aliphatic heterocycles. The van der Waals surface area contributed by atoms with Crippen molar-refractivity contribution in [2.45, 2.75) is 32.3 Å². The van der Waals surface area contributed by atoms with E-state index in [1.165, 1.54) is 5.56 Å². The largest absolute Gasteiger partial charge is 0.368 e. The molecule has 0 saturated carbocycles. The van der Waals surface area contributed by atoms with Crippen molar-refractivity contribution in [1.29, 1.82) is 0 Å².